The standard InChI is InChI=1S/C41H55NO7/c1-4-5-6-11-25-12-8-13-26(20-25)28-16-17-29-30(28)21-33-35-31(22-43)39(40-38(47-3)32(23-44)41(46)49-40)48-34(35)15-9-18-42(33)36(29)37(45)27-14-7-10-24(2)19-27/h7-8,12-15,20,24,27-31,33,35-37,43-45H,4-6,9-11,16-19,21-23H2,1-3H3. The van der Waals surface area contributed by atoms with Crippen molar-refractivity contribution in [1.82, 2.24) is 4.90 Å². The Labute approximate surface area is 291 Å². The number of allylic oxidation sites excluding steroid dienone is 1. The van der Waals surface area contributed by atoms with Crippen molar-refractivity contribution in [3.05, 3.63) is 82.2 Å². The first-order chi connectivity index (χ1) is 23.9. The van der Waals surface area contributed by atoms with Crippen LogP contribution in [0, 0.1) is 35.5 Å². The van der Waals surface area contributed by atoms with Gasteiger partial charge < -0.3 is 29.5 Å². The SMILES string of the molecule is CCCCCc1cccc(C2CCC3C2CC2C4C(=CCCN2C3C(O)C2C=CCC(C)C2)OC(=C2OC(=O)C(CO)=C2OC)C4CO)c1. The maximum Gasteiger partial charge on any atom is 0.345 e. The highest BCUT2D eigenvalue weighted by molar-refractivity contribution is 5.94. The molecule has 1 aromatic carbocycles. The summed E-state index contributed by atoms with van der Waals surface area (Å²) in [7, 11) is 1.45. The van der Waals surface area contributed by atoms with Crippen molar-refractivity contribution in [2.75, 3.05) is 26.9 Å². The number of carbonyl (C=O) groups excluding carboxylic acids is 1. The number of aliphatic hydroxyl groups is 3. The van der Waals surface area contributed by atoms with Crippen LogP contribution in [0.25, 0.3) is 0 Å². The first kappa shape index (κ1) is 34.5. The summed E-state index contributed by atoms with van der Waals surface area (Å²) in [6.45, 7) is 4.65. The number of rotatable bonds is 10. The number of piperidine rings is 1. The predicted octanol–water partition coefficient (Wildman–Crippen LogP) is 6.14. The van der Waals surface area contributed by atoms with Crippen LogP contribution < -0.4 is 0 Å². The van der Waals surface area contributed by atoms with Gasteiger partial charge in [0, 0.05) is 30.5 Å². The van der Waals surface area contributed by atoms with Gasteiger partial charge >= 0.3 is 5.97 Å². The highest BCUT2D eigenvalue weighted by atomic mass is 16.6. The summed E-state index contributed by atoms with van der Waals surface area (Å²) in [5.74, 6) is 2.01. The molecule has 10 unspecified atom stereocenters. The number of benzene rings is 1. The lowest BCUT2D eigenvalue weighted by molar-refractivity contribution is -0.134. The zero-order valence-corrected chi connectivity index (χ0v) is 29.4. The van der Waals surface area contributed by atoms with Crippen LogP contribution in [-0.2, 0) is 25.4 Å². The fourth-order valence-electron chi connectivity index (χ4n) is 10.4. The van der Waals surface area contributed by atoms with Crippen LogP contribution in [0.3, 0.4) is 0 Å². The minimum Gasteiger partial charge on any atom is -0.492 e. The van der Waals surface area contributed by atoms with Crippen molar-refractivity contribution in [1.29, 1.82) is 0 Å². The molecule has 8 heteroatoms. The maximum absolute atomic E-state index is 12.7. The van der Waals surface area contributed by atoms with E-state index in [-0.39, 0.29) is 47.6 Å². The van der Waals surface area contributed by atoms with Crippen LogP contribution in [0.2, 0.25) is 0 Å². The Hall–Kier alpha value is -2.91. The van der Waals surface area contributed by atoms with Gasteiger partial charge in [0.05, 0.1) is 32.3 Å². The number of ether oxygens (including phenoxy) is 3. The number of esters is 1. The quantitative estimate of drug-likeness (QED) is 0.155. The molecule has 0 amide bonds. The van der Waals surface area contributed by atoms with E-state index in [9.17, 15) is 20.1 Å². The minimum atomic E-state index is -0.658. The number of carbonyl (C=O) groups is 1. The molecule has 0 radical (unpaired) electrons. The molecule has 1 aromatic rings. The zero-order valence-electron chi connectivity index (χ0n) is 29.4. The van der Waals surface area contributed by atoms with E-state index >= 15 is 0 Å². The monoisotopic (exact) mass is 673 g/mol. The van der Waals surface area contributed by atoms with Gasteiger partial charge in [0.25, 0.3) is 0 Å². The van der Waals surface area contributed by atoms with Gasteiger partial charge in [-0.3, -0.25) is 4.90 Å². The zero-order chi connectivity index (χ0) is 34.2. The number of aliphatic hydroxyl groups excluding tert-OH is 3. The molecule has 6 aliphatic rings. The third kappa shape index (κ3) is 6.32. The highest BCUT2D eigenvalue weighted by Gasteiger charge is 2.58. The molecule has 0 aromatic heterocycles. The third-order valence-electron chi connectivity index (χ3n) is 12.7. The Kier molecular flexibility index (Phi) is 10.4. The number of nitrogens with zero attached hydrogens (tertiary/aromatic N) is 1. The van der Waals surface area contributed by atoms with E-state index in [1.54, 1.807) is 0 Å². The van der Waals surface area contributed by atoms with Crippen molar-refractivity contribution >= 4 is 5.97 Å². The van der Waals surface area contributed by atoms with E-state index in [1.807, 2.05) is 0 Å². The number of methoxy groups -OCH3 is 1. The van der Waals surface area contributed by atoms with E-state index in [2.05, 4.69) is 61.2 Å². The summed E-state index contributed by atoms with van der Waals surface area (Å²) >= 11 is 0. The number of hydrogen-bond donors (Lipinski definition) is 3. The predicted molar refractivity (Wildman–Crippen MR) is 187 cm³/mol. The Morgan fingerprint density at radius 3 is 2.71 bits per heavy atom. The molecule has 2 aliphatic carbocycles. The fourth-order valence-corrected chi connectivity index (χ4v) is 10.4. The number of unbranched alkanes of at least 4 members (excludes halogenated alkanes) is 2. The van der Waals surface area contributed by atoms with Crippen molar-refractivity contribution in [3.63, 3.8) is 0 Å². The second kappa shape index (κ2) is 14.7. The summed E-state index contributed by atoms with van der Waals surface area (Å²) in [6.07, 6.45) is 16.9. The molecule has 7 rings (SSSR count). The third-order valence-corrected chi connectivity index (χ3v) is 12.7. The van der Waals surface area contributed by atoms with E-state index in [1.165, 1.54) is 37.5 Å². The van der Waals surface area contributed by atoms with Gasteiger partial charge in [-0.25, -0.2) is 4.79 Å². The van der Waals surface area contributed by atoms with Gasteiger partial charge in [0.15, 0.2) is 11.5 Å². The molecule has 266 valence electrons. The average molecular weight is 674 g/mol. The van der Waals surface area contributed by atoms with Gasteiger partial charge in [0.2, 0.25) is 5.76 Å². The lowest BCUT2D eigenvalue weighted by Gasteiger charge is -2.53. The first-order valence-electron chi connectivity index (χ1n) is 18.9. The first-order valence-corrected chi connectivity index (χ1v) is 18.9. The van der Waals surface area contributed by atoms with Crippen LogP contribution in [0.5, 0.6) is 0 Å². The number of hydrogen-bond acceptors (Lipinski definition) is 8. The molecule has 49 heavy (non-hydrogen) atoms. The number of aryl methyl sites for hydroxylation is 1. The maximum atomic E-state index is 12.7. The molecular weight excluding hydrogens is 618 g/mol. The molecule has 0 bridgehead atoms. The van der Waals surface area contributed by atoms with Crippen LogP contribution in [-0.4, -0.2) is 71.2 Å². The smallest absolute Gasteiger partial charge is 0.345 e. The van der Waals surface area contributed by atoms with Gasteiger partial charge in [0.1, 0.15) is 11.3 Å². The molecule has 4 heterocycles. The summed E-state index contributed by atoms with van der Waals surface area (Å²) in [5.41, 5.74) is 2.89. The van der Waals surface area contributed by atoms with Gasteiger partial charge in [-0.1, -0.05) is 63.1 Å². The Balaban J connectivity index is 1.27. The molecule has 3 N–H and O–H groups in total. The van der Waals surface area contributed by atoms with E-state index in [0.717, 1.165) is 57.2 Å². The molecule has 10 atom stereocenters. The van der Waals surface area contributed by atoms with Crippen LogP contribution in [0.4, 0.5) is 0 Å². The molecule has 1 saturated carbocycles. The summed E-state index contributed by atoms with van der Waals surface area (Å²) in [6, 6.07) is 9.30. The second-order valence-corrected chi connectivity index (χ2v) is 15.5. The Morgan fingerprint density at radius 2 is 1.96 bits per heavy atom. The van der Waals surface area contributed by atoms with Gasteiger partial charge in [-0.15, -0.1) is 0 Å². The van der Waals surface area contributed by atoms with Crippen LogP contribution >= 0.6 is 0 Å². The minimum absolute atomic E-state index is 0.00929. The van der Waals surface area contributed by atoms with Crippen LogP contribution in [0.15, 0.2) is 71.1 Å². The number of fused-ring (bicyclic) bond motifs is 4. The molecule has 0 spiro atoms. The topological polar surface area (TPSA) is 109 Å². The summed E-state index contributed by atoms with van der Waals surface area (Å²) in [5, 5.41) is 33.4. The molecule has 4 aliphatic heterocycles. The lowest BCUT2D eigenvalue weighted by atomic mass is 9.66. The largest absolute Gasteiger partial charge is 0.492 e. The van der Waals surface area contributed by atoms with E-state index in [4.69, 9.17) is 14.2 Å². The van der Waals surface area contributed by atoms with Crippen molar-refractivity contribution in [2.45, 2.75) is 102 Å². The van der Waals surface area contributed by atoms with Crippen LogP contribution in [0.1, 0.15) is 88.7 Å². The summed E-state index contributed by atoms with van der Waals surface area (Å²) < 4.78 is 17.8. The van der Waals surface area contributed by atoms with E-state index in [0.29, 0.717) is 29.4 Å². The second-order valence-electron chi connectivity index (χ2n) is 15.5. The van der Waals surface area contributed by atoms with Crippen molar-refractivity contribution in [2.24, 2.45) is 35.5 Å². The lowest BCUT2D eigenvalue weighted by Crippen LogP contribution is -2.61. The van der Waals surface area contributed by atoms with Gasteiger partial charge in [-0.2, -0.15) is 0 Å². The van der Waals surface area contributed by atoms with Gasteiger partial charge in [-0.05, 0) is 92.2 Å². The van der Waals surface area contributed by atoms with Crippen molar-refractivity contribution < 1.29 is 34.3 Å². The Bertz CT molecular complexity index is 1510. The molecule has 8 nitrogen and oxygen atoms in total. The average Bonchev–Trinajstić information content (AvgIpc) is 3.76. The Morgan fingerprint density at radius 1 is 1.10 bits per heavy atom. The highest BCUT2D eigenvalue weighted by Crippen LogP contribution is 2.57. The molecular formula is C41H55NO7. The molecule has 2 saturated heterocycles. The molecule has 3 fully saturated rings. The number of cyclic esters (lactones) is 1. The fraction of sp³-hybridized carbons (Fsp3) is 0.634. The van der Waals surface area contributed by atoms with E-state index < -0.39 is 24.6 Å². The summed E-state index contributed by atoms with van der Waals surface area (Å²) in [4.78, 5) is 15.3. The van der Waals surface area contributed by atoms with Crippen molar-refractivity contribution in [3.8, 4) is 0 Å². The normalized spacial score (nSPS) is 36.4.